The number of nitro groups is 1. The molecule has 0 N–H and O–H groups in total. The number of hydrogen-bond acceptors (Lipinski definition) is 5. The summed E-state index contributed by atoms with van der Waals surface area (Å²) in [4.78, 5) is 23.4. The Morgan fingerprint density at radius 1 is 1.41 bits per heavy atom. The van der Waals surface area contributed by atoms with Gasteiger partial charge < -0.3 is 0 Å². The van der Waals surface area contributed by atoms with Gasteiger partial charge in [-0.3, -0.25) is 14.9 Å². The molecule has 2 heterocycles. The lowest BCUT2D eigenvalue weighted by Crippen LogP contribution is -2.24. The number of nitrogens with zero attached hydrogens (tertiary/aromatic N) is 3. The van der Waals surface area contributed by atoms with E-state index in [2.05, 4.69) is 5.10 Å². The summed E-state index contributed by atoms with van der Waals surface area (Å²) in [6.07, 6.45) is 0.557. The van der Waals surface area contributed by atoms with Gasteiger partial charge >= 0.3 is 0 Å². The van der Waals surface area contributed by atoms with Crippen molar-refractivity contribution in [1.82, 2.24) is 5.01 Å². The van der Waals surface area contributed by atoms with Crippen molar-refractivity contribution in [3.05, 3.63) is 62.3 Å². The van der Waals surface area contributed by atoms with Crippen LogP contribution in [-0.4, -0.2) is 21.6 Å². The second kappa shape index (κ2) is 5.69. The first kappa shape index (κ1) is 14.4. The fourth-order valence-electron chi connectivity index (χ4n) is 2.50. The number of nitro benzene ring substituents is 1. The van der Waals surface area contributed by atoms with Crippen LogP contribution in [0.1, 0.15) is 29.8 Å². The number of amides is 1. The van der Waals surface area contributed by atoms with Gasteiger partial charge in [-0.2, -0.15) is 5.10 Å². The first-order chi connectivity index (χ1) is 10.6. The molecule has 0 saturated carbocycles. The molecule has 6 nitrogen and oxygen atoms in total. The van der Waals surface area contributed by atoms with E-state index in [-0.39, 0.29) is 17.6 Å². The lowest BCUT2D eigenvalue weighted by molar-refractivity contribution is -0.384. The fourth-order valence-corrected chi connectivity index (χ4v) is 3.22. The van der Waals surface area contributed by atoms with Gasteiger partial charge in [0.25, 0.3) is 5.69 Å². The Labute approximate surface area is 130 Å². The standard InChI is InChI=1S/C15H13N3O3S/c1-10(19)17-14(9-13(16-17)15-6-3-7-22-15)11-4-2-5-12(8-11)18(20)21/h2-8,14H,9H2,1H3/t14-/m0/s1. The molecule has 1 atom stereocenters. The number of hydrogen-bond donors (Lipinski definition) is 0. The van der Waals surface area contributed by atoms with Crippen molar-refractivity contribution in [1.29, 1.82) is 0 Å². The largest absolute Gasteiger partial charge is 0.273 e. The highest BCUT2D eigenvalue weighted by Gasteiger charge is 2.32. The molecule has 2 aromatic rings. The van der Waals surface area contributed by atoms with Crippen LogP contribution in [0.25, 0.3) is 0 Å². The highest BCUT2D eigenvalue weighted by molar-refractivity contribution is 7.12. The van der Waals surface area contributed by atoms with Crippen molar-refractivity contribution >= 4 is 28.6 Å². The Kier molecular flexibility index (Phi) is 3.72. The van der Waals surface area contributed by atoms with Crippen LogP contribution in [0, 0.1) is 10.1 Å². The third kappa shape index (κ3) is 2.62. The van der Waals surface area contributed by atoms with Crippen molar-refractivity contribution in [2.45, 2.75) is 19.4 Å². The average Bonchev–Trinajstić information content (AvgIpc) is 3.16. The van der Waals surface area contributed by atoms with Crippen LogP contribution in [0.4, 0.5) is 5.69 Å². The molecule has 0 aliphatic carbocycles. The molecule has 22 heavy (non-hydrogen) atoms. The van der Waals surface area contributed by atoms with Gasteiger partial charge in [-0.25, -0.2) is 5.01 Å². The Hall–Kier alpha value is -2.54. The van der Waals surface area contributed by atoms with Gasteiger partial charge in [0.1, 0.15) is 0 Å². The smallest absolute Gasteiger partial charge is 0.269 e. The number of thiophene rings is 1. The zero-order valence-electron chi connectivity index (χ0n) is 11.8. The molecule has 7 heteroatoms. The molecule has 0 unspecified atom stereocenters. The van der Waals surface area contributed by atoms with E-state index in [1.54, 1.807) is 23.5 Å². The molecule has 0 spiro atoms. The summed E-state index contributed by atoms with van der Waals surface area (Å²) in [6, 6.07) is 9.97. The van der Waals surface area contributed by atoms with Crippen molar-refractivity contribution in [3.8, 4) is 0 Å². The summed E-state index contributed by atoms with van der Waals surface area (Å²) in [5.41, 5.74) is 1.58. The normalized spacial score (nSPS) is 17.4. The van der Waals surface area contributed by atoms with Crippen LogP contribution in [0.3, 0.4) is 0 Å². The summed E-state index contributed by atoms with van der Waals surface area (Å²) in [5, 5.41) is 18.7. The number of non-ortho nitro benzene ring substituents is 1. The maximum atomic E-state index is 11.9. The molecular weight excluding hydrogens is 302 g/mol. The van der Waals surface area contributed by atoms with E-state index >= 15 is 0 Å². The topological polar surface area (TPSA) is 75.8 Å². The summed E-state index contributed by atoms with van der Waals surface area (Å²) in [7, 11) is 0. The van der Waals surface area contributed by atoms with Gasteiger partial charge in [0.15, 0.2) is 0 Å². The van der Waals surface area contributed by atoms with Gasteiger partial charge in [0, 0.05) is 25.5 Å². The van der Waals surface area contributed by atoms with Gasteiger partial charge in [-0.05, 0) is 17.0 Å². The van der Waals surface area contributed by atoms with E-state index in [9.17, 15) is 14.9 Å². The SMILES string of the molecule is CC(=O)N1N=C(c2cccs2)C[C@H]1c1cccc([N+](=O)[O-])c1. The van der Waals surface area contributed by atoms with E-state index in [0.29, 0.717) is 6.42 Å². The summed E-state index contributed by atoms with van der Waals surface area (Å²) in [6.45, 7) is 1.45. The maximum Gasteiger partial charge on any atom is 0.269 e. The molecule has 0 fully saturated rings. The minimum atomic E-state index is -0.433. The number of hydrazone groups is 1. The average molecular weight is 315 g/mol. The van der Waals surface area contributed by atoms with Gasteiger partial charge in [-0.1, -0.05) is 18.2 Å². The Morgan fingerprint density at radius 2 is 2.23 bits per heavy atom. The minimum Gasteiger partial charge on any atom is -0.273 e. The van der Waals surface area contributed by atoms with Gasteiger partial charge in [-0.15, -0.1) is 11.3 Å². The van der Waals surface area contributed by atoms with E-state index in [1.807, 2.05) is 17.5 Å². The zero-order valence-corrected chi connectivity index (χ0v) is 12.6. The molecule has 1 aromatic carbocycles. The number of rotatable bonds is 3. The molecule has 112 valence electrons. The number of carbonyl (C=O) groups is 1. The van der Waals surface area contributed by atoms with E-state index in [0.717, 1.165) is 16.2 Å². The molecular formula is C15H13N3O3S. The number of benzene rings is 1. The summed E-state index contributed by atoms with van der Waals surface area (Å²) in [5.74, 6) is -0.178. The van der Waals surface area contributed by atoms with Crippen LogP contribution in [0.5, 0.6) is 0 Å². The predicted octanol–water partition coefficient (Wildman–Crippen LogP) is 3.35. The molecule has 1 amide bonds. The van der Waals surface area contributed by atoms with Gasteiger partial charge in [0.05, 0.1) is 21.6 Å². The highest BCUT2D eigenvalue weighted by atomic mass is 32.1. The zero-order chi connectivity index (χ0) is 15.7. The number of carbonyl (C=O) groups excluding carboxylic acids is 1. The lowest BCUT2D eigenvalue weighted by Gasteiger charge is -2.20. The van der Waals surface area contributed by atoms with Crippen molar-refractivity contribution < 1.29 is 9.72 Å². The monoisotopic (exact) mass is 315 g/mol. The van der Waals surface area contributed by atoms with E-state index in [1.165, 1.54) is 24.1 Å². The van der Waals surface area contributed by atoms with E-state index in [4.69, 9.17) is 0 Å². The van der Waals surface area contributed by atoms with Crippen molar-refractivity contribution in [2.75, 3.05) is 0 Å². The quantitative estimate of drug-likeness (QED) is 0.644. The second-order valence-corrected chi connectivity index (χ2v) is 5.91. The molecule has 0 bridgehead atoms. The molecule has 1 aliphatic rings. The third-order valence-corrected chi connectivity index (χ3v) is 4.42. The first-order valence-corrected chi connectivity index (χ1v) is 7.59. The van der Waals surface area contributed by atoms with Crippen LogP contribution in [-0.2, 0) is 4.79 Å². The third-order valence-electron chi connectivity index (χ3n) is 3.50. The molecule has 3 rings (SSSR count). The molecule has 1 aliphatic heterocycles. The van der Waals surface area contributed by atoms with Crippen LogP contribution in [0.2, 0.25) is 0 Å². The molecule has 1 aromatic heterocycles. The molecule has 0 radical (unpaired) electrons. The van der Waals surface area contributed by atoms with Gasteiger partial charge in [0.2, 0.25) is 5.91 Å². The minimum absolute atomic E-state index is 0.0191. The highest BCUT2D eigenvalue weighted by Crippen LogP contribution is 2.34. The van der Waals surface area contributed by atoms with Crippen LogP contribution in [0.15, 0.2) is 46.9 Å². The molecule has 0 saturated heterocycles. The summed E-state index contributed by atoms with van der Waals surface area (Å²) >= 11 is 1.56. The fraction of sp³-hybridized carbons (Fsp3) is 0.200. The van der Waals surface area contributed by atoms with Crippen molar-refractivity contribution in [2.24, 2.45) is 5.10 Å². The Balaban J connectivity index is 1.95. The summed E-state index contributed by atoms with van der Waals surface area (Å²) < 4.78 is 0. The predicted molar refractivity (Wildman–Crippen MR) is 83.8 cm³/mol. The lowest BCUT2D eigenvalue weighted by atomic mass is 10.0. The second-order valence-electron chi connectivity index (χ2n) is 4.96. The van der Waals surface area contributed by atoms with Crippen LogP contribution >= 0.6 is 11.3 Å². The van der Waals surface area contributed by atoms with Crippen molar-refractivity contribution in [3.63, 3.8) is 0 Å². The van der Waals surface area contributed by atoms with Crippen LogP contribution < -0.4 is 0 Å². The Bertz CT molecular complexity index is 755. The Morgan fingerprint density at radius 3 is 2.86 bits per heavy atom. The van der Waals surface area contributed by atoms with E-state index < -0.39 is 4.92 Å². The first-order valence-electron chi connectivity index (χ1n) is 6.72. The maximum absolute atomic E-state index is 11.9.